The van der Waals surface area contributed by atoms with Gasteiger partial charge in [-0.15, -0.1) is 0 Å². The lowest BCUT2D eigenvalue weighted by Crippen LogP contribution is -2.40. The molecule has 3 rings (SSSR count). The second-order valence-electron chi connectivity index (χ2n) is 6.88. The lowest BCUT2D eigenvalue weighted by molar-refractivity contribution is -0.143. The Labute approximate surface area is 158 Å². The summed E-state index contributed by atoms with van der Waals surface area (Å²) in [6.07, 6.45) is 1.18. The van der Waals surface area contributed by atoms with Crippen molar-refractivity contribution in [2.24, 2.45) is 5.92 Å². The highest BCUT2D eigenvalue weighted by Crippen LogP contribution is 2.24. The van der Waals surface area contributed by atoms with Gasteiger partial charge in [-0.2, -0.15) is 0 Å². The molecule has 6 nitrogen and oxygen atoms in total. The quantitative estimate of drug-likeness (QED) is 0.816. The Morgan fingerprint density at radius 1 is 1.11 bits per heavy atom. The van der Waals surface area contributed by atoms with Crippen LogP contribution in [0.15, 0.2) is 48.5 Å². The van der Waals surface area contributed by atoms with Gasteiger partial charge < -0.3 is 15.2 Å². The third-order valence-corrected chi connectivity index (χ3v) is 4.67. The first-order valence-corrected chi connectivity index (χ1v) is 9.09. The van der Waals surface area contributed by atoms with Crippen molar-refractivity contribution in [2.45, 2.75) is 19.8 Å². The molecule has 2 aromatic rings. The number of aryl methyl sites for hydroxylation is 1. The predicted octanol–water partition coefficient (Wildman–Crippen LogP) is 3.52. The van der Waals surface area contributed by atoms with Crippen molar-refractivity contribution in [3.8, 4) is 11.5 Å². The fourth-order valence-corrected chi connectivity index (χ4v) is 3.16. The number of piperidine rings is 1. The molecule has 0 bridgehead atoms. The second kappa shape index (κ2) is 8.68. The van der Waals surface area contributed by atoms with Gasteiger partial charge in [0.05, 0.1) is 12.5 Å². The van der Waals surface area contributed by atoms with E-state index in [1.165, 1.54) is 0 Å². The summed E-state index contributed by atoms with van der Waals surface area (Å²) in [6, 6.07) is 15.1. The van der Waals surface area contributed by atoms with Gasteiger partial charge in [0.25, 0.3) is 0 Å². The van der Waals surface area contributed by atoms with Gasteiger partial charge in [0.15, 0.2) is 0 Å². The summed E-state index contributed by atoms with van der Waals surface area (Å²) >= 11 is 0. The summed E-state index contributed by atoms with van der Waals surface area (Å²) in [7, 11) is 0. The number of nitrogens with one attached hydrogen (secondary N) is 1. The first-order chi connectivity index (χ1) is 13.0. The van der Waals surface area contributed by atoms with Crippen LogP contribution in [0.2, 0.25) is 0 Å². The number of hydrogen-bond donors (Lipinski definition) is 2. The number of carbonyl (C=O) groups excluding carboxylic acids is 1. The van der Waals surface area contributed by atoms with Crippen molar-refractivity contribution in [1.29, 1.82) is 0 Å². The number of ether oxygens (including phenoxy) is 1. The summed E-state index contributed by atoms with van der Waals surface area (Å²) in [4.78, 5) is 25.2. The summed E-state index contributed by atoms with van der Waals surface area (Å²) in [5.41, 5.74) is 1.83. The van der Waals surface area contributed by atoms with Crippen LogP contribution in [0.1, 0.15) is 18.4 Å². The smallest absolute Gasteiger partial charge is 0.306 e. The van der Waals surface area contributed by atoms with E-state index in [1.54, 1.807) is 12.1 Å². The Morgan fingerprint density at radius 2 is 1.81 bits per heavy atom. The highest BCUT2D eigenvalue weighted by molar-refractivity contribution is 5.92. The number of carbonyl (C=O) groups is 2. The molecule has 0 atom stereocenters. The molecule has 0 unspecified atom stereocenters. The molecule has 2 aromatic carbocycles. The zero-order valence-corrected chi connectivity index (χ0v) is 15.4. The number of amides is 1. The Kier molecular flexibility index (Phi) is 6.08. The van der Waals surface area contributed by atoms with Crippen LogP contribution >= 0.6 is 0 Å². The van der Waals surface area contributed by atoms with E-state index < -0.39 is 5.97 Å². The maximum absolute atomic E-state index is 12.2. The first kappa shape index (κ1) is 18.9. The van der Waals surface area contributed by atoms with Crippen LogP contribution in [0.3, 0.4) is 0 Å². The van der Waals surface area contributed by atoms with Crippen LogP contribution in [0.25, 0.3) is 0 Å². The molecule has 0 aliphatic carbocycles. The molecule has 1 saturated heterocycles. The topological polar surface area (TPSA) is 78.9 Å². The zero-order valence-electron chi connectivity index (χ0n) is 15.4. The lowest BCUT2D eigenvalue weighted by Gasteiger charge is -2.29. The summed E-state index contributed by atoms with van der Waals surface area (Å²) in [5.74, 6) is 0.347. The summed E-state index contributed by atoms with van der Waals surface area (Å²) in [5, 5.41) is 11.9. The molecular formula is C21H24N2O4. The number of hydrogen-bond acceptors (Lipinski definition) is 4. The molecule has 142 valence electrons. The summed E-state index contributed by atoms with van der Waals surface area (Å²) < 4.78 is 5.80. The molecule has 1 aliphatic heterocycles. The normalized spacial score (nSPS) is 15.3. The highest BCUT2D eigenvalue weighted by Gasteiger charge is 2.25. The molecule has 0 radical (unpaired) electrons. The molecule has 1 fully saturated rings. The van der Waals surface area contributed by atoms with E-state index in [0.29, 0.717) is 37.4 Å². The van der Waals surface area contributed by atoms with Crippen LogP contribution in [-0.2, 0) is 9.59 Å². The molecule has 27 heavy (non-hydrogen) atoms. The fraction of sp³-hybridized carbons (Fsp3) is 0.333. The molecule has 1 heterocycles. The predicted molar refractivity (Wildman–Crippen MR) is 103 cm³/mol. The zero-order chi connectivity index (χ0) is 19.2. The fourth-order valence-electron chi connectivity index (χ4n) is 3.16. The molecule has 0 spiro atoms. The number of anilines is 1. The van der Waals surface area contributed by atoms with E-state index >= 15 is 0 Å². The van der Waals surface area contributed by atoms with E-state index in [-0.39, 0.29) is 18.4 Å². The molecule has 6 heteroatoms. The van der Waals surface area contributed by atoms with Crippen molar-refractivity contribution in [3.05, 3.63) is 54.1 Å². The third-order valence-electron chi connectivity index (χ3n) is 4.67. The Bertz CT molecular complexity index is 796. The Morgan fingerprint density at radius 3 is 2.44 bits per heavy atom. The van der Waals surface area contributed by atoms with Gasteiger partial charge in [-0.25, -0.2) is 0 Å². The van der Waals surface area contributed by atoms with E-state index in [9.17, 15) is 9.59 Å². The molecule has 2 N–H and O–H groups in total. The van der Waals surface area contributed by atoms with Gasteiger partial charge in [-0.3, -0.25) is 14.5 Å². The number of carboxylic acid groups (broad SMARTS) is 1. The van der Waals surface area contributed by atoms with Gasteiger partial charge in [0.2, 0.25) is 5.91 Å². The first-order valence-electron chi connectivity index (χ1n) is 9.09. The SMILES string of the molecule is Cc1cccc(Oc2ccc(NC(=O)CN3CCC(C(=O)O)CC3)cc2)c1. The van der Waals surface area contributed by atoms with Crippen LogP contribution in [0.5, 0.6) is 11.5 Å². The van der Waals surface area contributed by atoms with Gasteiger partial charge in [0, 0.05) is 5.69 Å². The van der Waals surface area contributed by atoms with Crippen molar-refractivity contribution >= 4 is 17.6 Å². The van der Waals surface area contributed by atoms with Crippen molar-refractivity contribution in [3.63, 3.8) is 0 Å². The number of benzene rings is 2. The average Bonchev–Trinajstić information content (AvgIpc) is 2.64. The molecular weight excluding hydrogens is 344 g/mol. The van der Waals surface area contributed by atoms with E-state index in [1.807, 2.05) is 48.2 Å². The largest absolute Gasteiger partial charge is 0.481 e. The van der Waals surface area contributed by atoms with E-state index in [2.05, 4.69) is 5.32 Å². The third kappa shape index (κ3) is 5.56. The minimum atomic E-state index is -0.743. The minimum Gasteiger partial charge on any atom is -0.481 e. The molecule has 0 aromatic heterocycles. The molecule has 1 aliphatic rings. The average molecular weight is 368 g/mol. The second-order valence-corrected chi connectivity index (χ2v) is 6.88. The van der Waals surface area contributed by atoms with Gasteiger partial charge in [0.1, 0.15) is 11.5 Å². The summed E-state index contributed by atoms with van der Waals surface area (Å²) in [6.45, 7) is 3.55. The maximum Gasteiger partial charge on any atom is 0.306 e. The molecule has 0 saturated carbocycles. The highest BCUT2D eigenvalue weighted by atomic mass is 16.5. The van der Waals surface area contributed by atoms with E-state index in [4.69, 9.17) is 9.84 Å². The van der Waals surface area contributed by atoms with Crippen LogP contribution in [0, 0.1) is 12.8 Å². The van der Waals surface area contributed by atoms with Crippen molar-refractivity contribution in [1.82, 2.24) is 4.90 Å². The Balaban J connectivity index is 1.48. The number of likely N-dealkylation sites (tertiary alicyclic amines) is 1. The van der Waals surface area contributed by atoms with Gasteiger partial charge in [-0.1, -0.05) is 12.1 Å². The van der Waals surface area contributed by atoms with Crippen LogP contribution in [0.4, 0.5) is 5.69 Å². The number of aliphatic carboxylic acids is 1. The monoisotopic (exact) mass is 368 g/mol. The standard InChI is InChI=1S/C21H24N2O4/c1-15-3-2-4-19(13-15)27-18-7-5-17(6-8-18)22-20(24)14-23-11-9-16(10-12-23)21(25)26/h2-8,13,16H,9-12,14H2,1H3,(H,22,24)(H,25,26). The maximum atomic E-state index is 12.2. The number of carboxylic acids is 1. The number of rotatable bonds is 6. The lowest BCUT2D eigenvalue weighted by atomic mass is 9.97. The molecule has 1 amide bonds. The van der Waals surface area contributed by atoms with Crippen LogP contribution in [-0.4, -0.2) is 41.5 Å². The van der Waals surface area contributed by atoms with E-state index in [0.717, 1.165) is 11.3 Å². The van der Waals surface area contributed by atoms with Crippen LogP contribution < -0.4 is 10.1 Å². The van der Waals surface area contributed by atoms with Gasteiger partial charge >= 0.3 is 5.97 Å². The van der Waals surface area contributed by atoms with Gasteiger partial charge in [-0.05, 0) is 74.8 Å². The Hall–Kier alpha value is -2.86. The van der Waals surface area contributed by atoms with Crippen molar-refractivity contribution in [2.75, 3.05) is 25.0 Å². The van der Waals surface area contributed by atoms with Crippen molar-refractivity contribution < 1.29 is 19.4 Å². The number of nitrogens with zero attached hydrogens (tertiary/aromatic N) is 1. The minimum absolute atomic E-state index is 0.101.